The van der Waals surface area contributed by atoms with E-state index in [1.54, 1.807) is 25.1 Å². The topological polar surface area (TPSA) is 113 Å². The van der Waals surface area contributed by atoms with Crippen molar-refractivity contribution in [1.29, 1.82) is 0 Å². The van der Waals surface area contributed by atoms with E-state index in [0.29, 0.717) is 21.4 Å². The van der Waals surface area contributed by atoms with E-state index >= 15 is 0 Å². The van der Waals surface area contributed by atoms with Crippen molar-refractivity contribution in [3.05, 3.63) is 79.4 Å². The summed E-state index contributed by atoms with van der Waals surface area (Å²) in [4.78, 5) is 35.7. The second-order valence-corrected chi connectivity index (χ2v) is 7.16. The average Bonchev–Trinajstić information content (AvgIpc) is 2.63. The number of nitrogens with zero attached hydrogens (tertiary/aromatic N) is 1. The number of nitrogens with one attached hydrogen (secondary N) is 3. The molecule has 8 nitrogen and oxygen atoms in total. The van der Waals surface area contributed by atoms with E-state index in [1.165, 1.54) is 12.1 Å². The van der Waals surface area contributed by atoms with Crippen LogP contribution in [0.15, 0.2) is 58.2 Å². The Kier molecular flexibility index (Phi) is 5.46. The highest BCUT2D eigenvalue weighted by Gasteiger charge is 2.32. The number of benzene rings is 2. The molecule has 1 aliphatic rings. The van der Waals surface area contributed by atoms with Gasteiger partial charge in [-0.25, -0.2) is 4.79 Å². The van der Waals surface area contributed by atoms with Crippen LogP contribution >= 0.6 is 15.9 Å². The van der Waals surface area contributed by atoms with Gasteiger partial charge in [0.2, 0.25) is 0 Å². The fourth-order valence-corrected chi connectivity index (χ4v) is 3.39. The molecule has 0 saturated carbocycles. The van der Waals surface area contributed by atoms with Crippen molar-refractivity contribution in [2.45, 2.75) is 19.9 Å². The summed E-state index contributed by atoms with van der Waals surface area (Å²) in [7, 11) is 0. The van der Waals surface area contributed by atoms with Crippen LogP contribution in [0.4, 0.5) is 16.2 Å². The van der Waals surface area contributed by atoms with Crippen molar-refractivity contribution in [2.24, 2.45) is 0 Å². The summed E-state index contributed by atoms with van der Waals surface area (Å²) in [6.07, 6.45) is 0. The first-order valence-corrected chi connectivity index (χ1v) is 9.16. The van der Waals surface area contributed by atoms with Gasteiger partial charge in [-0.2, -0.15) is 0 Å². The van der Waals surface area contributed by atoms with Gasteiger partial charge in [0.25, 0.3) is 11.6 Å². The standard InChI is InChI=1S/C19H17BrN4O4/c1-10-5-3-4-6-14(10)22-18(25)16-11(2)21-19(26)23-17(16)12-7-8-13(20)15(9-12)24(27)28/h3-9,17H,1-2H3,(H,22,25)(H2,21,23,26)/t17-/m0/s1. The predicted octanol–water partition coefficient (Wildman–Crippen LogP) is 3.93. The number of nitro benzene ring substituents is 1. The molecule has 0 aromatic heterocycles. The number of carbonyl (C=O) groups excluding carboxylic acids is 2. The fourth-order valence-electron chi connectivity index (χ4n) is 3.00. The largest absolute Gasteiger partial charge is 0.327 e. The van der Waals surface area contributed by atoms with E-state index in [4.69, 9.17) is 0 Å². The highest BCUT2D eigenvalue weighted by molar-refractivity contribution is 9.10. The highest BCUT2D eigenvalue weighted by atomic mass is 79.9. The summed E-state index contributed by atoms with van der Waals surface area (Å²) < 4.78 is 0.313. The van der Waals surface area contributed by atoms with Crippen LogP contribution in [0.2, 0.25) is 0 Å². The highest BCUT2D eigenvalue weighted by Crippen LogP contribution is 2.33. The zero-order chi connectivity index (χ0) is 20.4. The summed E-state index contributed by atoms with van der Waals surface area (Å²) in [5.41, 5.74) is 2.47. The van der Waals surface area contributed by atoms with Crippen molar-refractivity contribution in [1.82, 2.24) is 10.6 Å². The SMILES string of the molecule is CC1=C(C(=O)Nc2ccccc2C)[C@H](c2ccc(Br)c([N+](=O)[O-])c2)NC(=O)N1. The van der Waals surface area contributed by atoms with Gasteiger partial charge in [-0.3, -0.25) is 14.9 Å². The van der Waals surface area contributed by atoms with Crippen LogP contribution in [0.3, 0.4) is 0 Å². The lowest BCUT2D eigenvalue weighted by atomic mass is 9.94. The van der Waals surface area contributed by atoms with Gasteiger partial charge in [0.05, 0.1) is 21.0 Å². The molecule has 3 rings (SSSR count). The molecule has 144 valence electrons. The lowest BCUT2D eigenvalue weighted by Gasteiger charge is -2.28. The van der Waals surface area contributed by atoms with Gasteiger partial charge in [0.15, 0.2) is 0 Å². The van der Waals surface area contributed by atoms with Gasteiger partial charge < -0.3 is 16.0 Å². The third-order valence-corrected chi connectivity index (χ3v) is 5.08. The molecular weight excluding hydrogens is 428 g/mol. The zero-order valence-electron chi connectivity index (χ0n) is 15.1. The molecule has 9 heteroatoms. The summed E-state index contributed by atoms with van der Waals surface area (Å²) in [5.74, 6) is -0.408. The summed E-state index contributed by atoms with van der Waals surface area (Å²) in [6.45, 7) is 3.49. The van der Waals surface area contributed by atoms with Crippen molar-refractivity contribution in [3.8, 4) is 0 Å². The van der Waals surface area contributed by atoms with Crippen LogP contribution < -0.4 is 16.0 Å². The molecule has 2 aromatic rings. The second kappa shape index (κ2) is 7.81. The first-order chi connectivity index (χ1) is 13.3. The number of urea groups is 1. The number of hydrogen-bond donors (Lipinski definition) is 3. The molecule has 0 fully saturated rings. The third kappa shape index (κ3) is 3.89. The monoisotopic (exact) mass is 444 g/mol. The van der Waals surface area contributed by atoms with Crippen molar-refractivity contribution in [3.63, 3.8) is 0 Å². The van der Waals surface area contributed by atoms with Gasteiger partial charge in [0.1, 0.15) is 0 Å². The maximum atomic E-state index is 13.0. The molecule has 1 heterocycles. The summed E-state index contributed by atoms with van der Waals surface area (Å²) in [6, 6.07) is 10.5. The maximum Gasteiger partial charge on any atom is 0.319 e. The first-order valence-electron chi connectivity index (χ1n) is 8.37. The van der Waals surface area contributed by atoms with Crippen molar-refractivity contribution >= 4 is 39.2 Å². The minimum Gasteiger partial charge on any atom is -0.327 e. The molecule has 3 amide bonds. The van der Waals surface area contributed by atoms with Gasteiger partial charge in [-0.15, -0.1) is 0 Å². The van der Waals surface area contributed by atoms with E-state index in [1.807, 2.05) is 19.1 Å². The number of hydrogen-bond acceptors (Lipinski definition) is 4. The molecule has 0 saturated heterocycles. The van der Waals surface area contributed by atoms with E-state index in [0.717, 1.165) is 5.56 Å². The quantitative estimate of drug-likeness (QED) is 0.489. The molecule has 0 aliphatic carbocycles. The minimum atomic E-state index is -0.829. The van der Waals surface area contributed by atoms with E-state index in [2.05, 4.69) is 31.9 Å². The maximum absolute atomic E-state index is 13.0. The Morgan fingerprint density at radius 3 is 2.61 bits per heavy atom. The number of nitro groups is 1. The molecule has 0 radical (unpaired) electrons. The lowest BCUT2D eigenvalue weighted by molar-refractivity contribution is -0.385. The Morgan fingerprint density at radius 1 is 1.21 bits per heavy atom. The first kappa shape index (κ1) is 19.6. The Hall–Kier alpha value is -3.20. The zero-order valence-corrected chi connectivity index (χ0v) is 16.7. The summed E-state index contributed by atoms with van der Waals surface area (Å²) in [5, 5.41) is 19.4. The van der Waals surface area contributed by atoms with Gasteiger partial charge >= 0.3 is 6.03 Å². The van der Waals surface area contributed by atoms with E-state index < -0.39 is 22.9 Å². The molecule has 0 spiro atoms. The number of para-hydroxylation sites is 1. The van der Waals surface area contributed by atoms with Crippen LogP contribution in [0.5, 0.6) is 0 Å². The van der Waals surface area contributed by atoms with Gasteiger partial charge in [-0.05, 0) is 53.0 Å². The second-order valence-electron chi connectivity index (χ2n) is 6.31. The van der Waals surface area contributed by atoms with Crippen LogP contribution in [-0.4, -0.2) is 16.9 Å². The van der Waals surface area contributed by atoms with Crippen molar-refractivity contribution < 1.29 is 14.5 Å². The van der Waals surface area contributed by atoms with E-state index in [9.17, 15) is 19.7 Å². The molecule has 2 aromatic carbocycles. The lowest BCUT2D eigenvalue weighted by Crippen LogP contribution is -2.46. The number of aryl methyl sites for hydroxylation is 1. The van der Waals surface area contributed by atoms with E-state index in [-0.39, 0.29) is 11.3 Å². The van der Waals surface area contributed by atoms with Gasteiger partial charge in [-0.1, -0.05) is 24.3 Å². The Morgan fingerprint density at radius 2 is 1.93 bits per heavy atom. The average molecular weight is 445 g/mol. The Balaban J connectivity index is 2.02. The van der Waals surface area contributed by atoms with Crippen molar-refractivity contribution in [2.75, 3.05) is 5.32 Å². The smallest absolute Gasteiger partial charge is 0.319 e. The van der Waals surface area contributed by atoms with Crippen LogP contribution in [0.1, 0.15) is 24.1 Å². The number of anilines is 1. The number of rotatable bonds is 4. The molecule has 28 heavy (non-hydrogen) atoms. The summed E-state index contributed by atoms with van der Waals surface area (Å²) >= 11 is 3.14. The molecule has 3 N–H and O–H groups in total. The third-order valence-electron chi connectivity index (χ3n) is 4.41. The number of halogens is 1. The van der Waals surface area contributed by atoms with Crippen LogP contribution in [0.25, 0.3) is 0 Å². The molecule has 0 unspecified atom stereocenters. The number of carbonyl (C=O) groups is 2. The minimum absolute atomic E-state index is 0.151. The van der Waals surface area contributed by atoms with Gasteiger partial charge in [0, 0.05) is 17.5 Å². The molecular formula is C19H17BrN4O4. The Labute approximate surface area is 169 Å². The molecule has 1 atom stereocenters. The Bertz CT molecular complexity index is 1020. The normalized spacial score (nSPS) is 16.2. The molecule has 1 aliphatic heterocycles. The number of amides is 3. The molecule has 0 bridgehead atoms. The number of allylic oxidation sites excluding steroid dienone is 1. The predicted molar refractivity (Wildman–Crippen MR) is 108 cm³/mol. The van der Waals surface area contributed by atoms with Crippen LogP contribution in [-0.2, 0) is 4.79 Å². The fraction of sp³-hybridized carbons (Fsp3) is 0.158. The van der Waals surface area contributed by atoms with Crippen LogP contribution in [0, 0.1) is 17.0 Å².